The van der Waals surface area contributed by atoms with Crippen LogP contribution in [0.2, 0.25) is 0 Å². The molecule has 35 heavy (non-hydrogen) atoms. The minimum Gasteiger partial charge on any atom is -0.378 e. The summed E-state index contributed by atoms with van der Waals surface area (Å²) in [6.45, 7) is 10.9. The van der Waals surface area contributed by atoms with Gasteiger partial charge in [-0.05, 0) is 43.9 Å². The van der Waals surface area contributed by atoms with Crippen LogP contribution < -0.4 is 5.32 Å². The van der Waals surface area contributed by atoms with Crippen molar-refractivity contribution in [2.24, 2.45) is 7.05 Å². The summed E-state index contributed by atoms with van der Waals surface area (Å²) in [4.78, 5) is 20.8. The highest BCUT2D eigenvalue weighted by Gasteiger charge is 2.20. The number of aromatic amines is 1. The first-order chi connectivity index (χ1) is 17.1. The number of nitrogens with one attached hydrogen (secondary N) is 2. The minimum atomic E-state index is -0.0904. The summed E-state index contributed by atoms with van der Waals surface area (Å²) in [5.41, 5.74) is 6.06. The molecule has 7 heteroatoms. The van der Waals surface area contributed by atoms with E-state index >= 15 is 0 Å². The van der Waals surface area contributed by atoms with Crippen molar-refractivity contribution in [1.82, 2.24) is 19.9 Å². The van der Waals surface area contributed by atoms with Gasteiger partial charge in [0.15, 0.2) is 0 Å². The molecule has 1 aliphatic rings. The predicted molar refractivity (Wildman–Crippen MR) is 142 cm³/mol. The number of fused-ring (bicyclic) bond motifs is 1. The maximum atomic E-state index is 12.9. The number of allylic oxidation sites excluding steroid dienone is 1. The third-order valence-electron chi connectivity index (χ3n) is 6.25. The van der Waals surface area contributed by atoms with Crippen LogP contribution in [0.3, 0.4) is 0 Å². The number of hydrogen-bond acceptors (Lipinski definition) is 4. The minimum absolute atomic E-state index is 0.0904. The number of H-pyrrole nitrogens is 1. The molecule has 1 saturated heterocycles. The van der Waals surface area contributed by atoms with Crippen LogP contribution in [-0.2, 0) is 29.4 Å². The number of carbonyl (C=O) groups is 1. The molecule has 0 spiro atoms. The third-order valence-corrected chi connectivity index (χ3v) is 6.25. The Morgan fingerprint density at radius 3 is 2.89 bits per heavy atom. The van der Waals surface area contributed by atoms with Crippen LogP contribution in [0.1, 0.15) is 62.2 Å². The van der Waals surface area contributed by atoms with Crippen molar-refractivity contribution < 1.29 is 14.3 Å². The van der Waals surface area contributed by atoms with Crippen LogP contribution in [-0.4, -0.2) is 52.9 Å². The van der Waals surface area contributed by atoms with Crippen LogP contribution in [0.4, 0.5) is 0 Å². The van der Waals surface area contributed by atoms with Gasteiger partial charge in [-0.15, -0.1) is 0 Å². The molecular weight excluding hydrogens is 440 g/mol. The largest absolute Gasteiger partial charge is 0.378 e. The van der Waals surface area contributed by atoms with Crippen molar-refractivity contribution in [2.75, 3.05) is 26.4 Å². The zero-order chi connectivity index (χ0) is 25.2. The number of carbonyl (C=O) groups excluding carboxylic acids is 1. The number of hydrogen-bond donors (Lipinski definition) is 2. The highest BCUT2D eigenvalue weighted by molar-refractivity contribution is 6.06. The number of amides is 1. The van der Waals surface area contributed by atoms with Gasteiger partial charge < -0.3 is 24.3 Å². The smallest absolute Gasteiger partial charge is 0.252 e. The number of aromatic nitrogens is 3. The predicted octanol–water partition coefficient (Wildman–Crippen LogP) is 5.20. The van der Waals surface area contributed by atoms with Crippen LogP contribution in [0.5, 0.6) is 0 Å². The first-order valence-electron chi connectivity index (χ1n) is 12.9. The summed E-state index contributed by atoms with van der Waals surface area (Å²) >= 11 is 0. The topological polar surface area (TPSA) is 81.2 Å². The average molecular weight is 481 g/mol. The maximum Gasteiger partial charge on any atom is 0.252 e. The Labute approximate surface area is 208 Å². The Morgan fingerprint density at radius 2 is 2.17 bits per heavy atom. The van der Waals surface area contributed by atoms with Crippen LogP contribution in [0, 0.1) is 0 Å². The van der Waals surface area contributed by atoms with Gasteiger partial charge in [-0.25, -0.2) is 4.98 Å². The van der Waals surface area contributed by atoms with Gasteiger partial charge in [0.1, 0.15) is 5.65 Å². The molecule has 1 fully saturated rings. The lowest BCUT2D eigenvalue weighted by Gasteiger charge is -2.11. The van der Waals surface area contributed by atoms with Gasteiger partial charge in [-0.1, -0.05) is 32.9 Å². The molecule has 1 amide bonds. The van der Waals surface area contributed by atoms with E-state index in [1.807, 2.05) is 26.8 Å². The maximum absolute atomic E-state index is 12.9. The molecule has 7 nitrogen and oxygen atoms in total. The molecule has 3 aromatic heterocycles. The van der Waals surface area contributed by atoms with Gasteiger partial charge in [-0.3, -0.25) is 4.79 Å². The standard InChI is InChI=1S/C26H34N4O3.C2H6/c1-4-19-22(17-30(3)24(19)10-6-7-13-32-5-2)23-15-21-20(11-12-27-25(21)29-23)26(31)28-16-18-9-8-14-33-18;1-2/h6-7,11-12,15,17-18H,4-5,8-10,13-14,16H2,1-3H3,(H,27,29)(H,28,31);1-2H3/b7-6-;. The van der Waals surface area contributed by atoms with Crippen molar-refractivity contribution in [3.63, 3.8) is 0 Å². The number of aryl methyl sites for hydroxylation is 1. The van der Waals surface area contributed by atoms with Crippen LogP contribution >= 0.6 is 0 Å². The zero-order valence-corrected chi connectivity index (χ0v) is 21.8. The molecule has 1 aliphatic heterocycles. The van der Waals surface area contributed by atoms with E-state index in [0.29, 0.717) is 18.7 Å². The number of ether oxygens (including phenoxy) is 2. The summed E-state index contributed by atoms with van der Waals surface area (Å²) in [5, 5.41) is 3.86. The lowest BCUT2D eigenvalue weighted by molar-refractivity contribution is 0.0859. The first kappa shape index (κ1) is 26.7. The Balaban J connectivity index is 0.00000167. The first-order valence-corrected chi connectivity index (χ1v) is 12.9. The second-order valence-corrected chi connectivity index (χ2v) is 8.42. The molecule has 4 heterocycles. The van der Waals surface area contributed by atoms with Crippen LogP contribution in [0.25, 0.3) is 22.3 Å². The molecule has 0 saturated carbocycles. The molecule has 1 unspecified atom stereocenters. The fraction of sp³-hybridized carbons (Fsp3) is 0.500. The second-order valence-electron chi connectivity index (χ2n) is 8.42. The van der Waals surface area contributed by atoms with Gasteiger partial charge in [0.2, 0.25) is 0 Å². The highest BCUT2D eigenvalue weighted by atomic mass is 16.5. The van der Waals surface area contributed by atoms with E-state index < -0.39 is 0 Å². The fourth-order valence-corrected chi connectivity index (χ4v) is 4.54. The van der Waals surface area contributed by atoms with Crippen molar-refractivity contribution in [1.29, 1.82) is 0 Å². The SMILES string of the molecule is CC.CCOC/C=C\Cc1c(CC)c(-c2cc3c(C(=O)NCC4CCCO4)ccnc3[nH]2)cn1C. The Bertz CT molecular complexity index is 1120. The van der Waals surface area contributed by atoms with Crippen molar-refractivity contribution in [2.45, 2.75) is 59.5 Å². The van der Waals surface area contributed by atoms with Crippen LogP contribution in [0.15, 0.2) is 36.7 Å². The van der Waals surface area contributed by atoms with Gasteiger partial charge in [0, 0.05) is 68.0 Å². The van der Waals surface area contributed by atoms with E-state index in [1.165, 1.54) is 11.3 Å². The Hall–Kier alpha value is -2.90. The van der Waals surface area contributed by atoms with E-state index in [1.54, 1.807) is 12.3 Å². The summed E-state index contributed by atoms with van der Waals surface area (Å²) in [6.07, 6.45) is 12.0. The molecule has 4 rings (SSSR count). The molecule has 0 bridgehead atoms. The number of nitrogens with zero attached hydrogens (tertiary/aromatic N) is 2. The molecular formula is C28H40N4O3. The lowest BCUT2D eigenvalue weighted by Crippen LogP contribution is -2.31. The molecule has 3 aromatic rings. The van der Waals surface area contributed by atoms with Gasteiger partial charge in [0.05, 0.1) is 18.3 Å². The van der Waals surface area contributed by atoms with E-state index in [4.69, 9.17) is 9.47 Å². The van der Waals surface area contributed by atoms with E-state index in [-0.39, 0.29) is 12.0 Å². The monoisotopic (exact) mass is 480 g/mol. The molecule has 0 aromatic carbocycles. The normalized spacial score (nSPS) is 15.5. The van der Waals surface area contributed by atoms with E-state index in [0.717, 1.165) is 61.2 Å². The zero-order valence-electron chi connectivity index (χ0n) is 21.8. The molecule has 1 atom stereocenters. The van der Waals surface area contributed by atoms with Gasteiger partial charge >= 0.3 is 0 Å². The van der Waals surface area contributed by atoms with E-state index in [2.05, 4.69) is 52.2 Å². The summed E-state index contributed by atoms with van der Waals surface area (Å²) in [5.74, 6) is -0.0904. The lowest BCUT2D eigenvalue weighted by atomic mass is 10.0. The van der Waals surface area contributed by atoms with Gasteiger partial charge in [-0.2, -0.15) is 0 Å². The molecule has 0 radical (unpaired) electrons. The van der Waals surface area contributed by atoms with Crippen molar-refractivity contribution >= 4 is 16.9 Å². The Kier molecular flexibility index (Phi) is 10.1. The fourth-order valence-electron chi connectivity index (χ4n) is 4.54. The number of pyridine rings is 1. The average Bonchev–Trinajstić information content (AvgIpc) is 3.62. The molecule has 0 aliphatic carbocycles. The summed E-state index contributed by atoms with van der Waals surface area (Å²) in [7, 11) is 2.08. The van der Waals surface area contributed by atoms with E-state index in [9.17, 15) is 4.79 Å². The summed E-state index contributed by atoms with van der Waals surface area (Å²) in [6, 6.07) is 3.83. The molecule has 190 valence electrons. The second kappa shape index (κ2) is 13.3. The van der Waals surface area contributed by atoms with Gasteiger partial charge in [0.25, 0.3) is 5.91 Å². The number of rotatable bonds is 10. The Morgan fingerprint density at radius 1 is 1.34 bits per heavy atom. The quantitative estimate of drug-likeness (QED) is 0.309. The highest BCUT2D eigenvalue weighted by Crippen LogP contribution is 2.31. The summed E-state index contributed by atoms with van der Waals surface area (Å²) < 4.78 is 13.2. The molecule has 2 N–H and O–H groups in total. The van der Waals surface area contributed by atoms with Crippen molar-refractivity contribution in [3.8, 4) is 11.3 Å². The van der Waals surface area contributed by atoms with Crippen molar-refractivity contribution in [3.05, 3.63) is 53.5 Å². The third kappa shape index (κ3) is 6.41.